The number of carbonyl (C=O) groups is 2. The summed E-state index contributed by atoms with van der Waals surface area (Å²) in [6.45, 7) is 1.02. The zero-order valence-corrected chi connectivity index (χ0v) is 12.9. The summed E-state index contributed by atoms with van der Waals surface area (Å²) < 4.78 is 27.2. The van der Waals surface area contributed by atoms with Crippen molar-refractivity contribution in [2.75, 3.05) is 25.0 Å². The normalized spacial score (nSPS) is 16.1. The number of hydrogen-bond donors (Lipinski definition) is 3. The average Bonchev–Trinajstić information content (AvgIpc) is 2.44. The largest absolute Gasteiger partial charge is 0.480 e. The summed E-state index contributed by atoms with van der Waals surface area (Å²) in [5, 5.41) is 13.4. The van der Waals surface area contributed by atoms with Gasteiger partial charge in [-0.3, -0.25) is 9.69 Å². The summed E-state index contributed by atoms with van der Waals surface area (Å²) >= 11 is 5.51. The highest BCUT2D eigenvalue weighted by atomic mass is 35.5. The first kappa shape index (κ1) is 17.4. The molecule has 9 heteroatoms. The fourth-order valence-electron chi connectivity index (χ4n) is 2.42. The number of nitrogens with zero attached hydrogens (tertiary/aromatic N) is 1. The number of carbonyl (C=O) groups excluding carboxylic acids is 1. The fourth-order valence-corrected chi connectivity index (χ4v) is 2.61. The maximum atomic E-state index is 13.6. The number of likely N-dealkylation sites (tertiary alicyclic amines) is 1. The Morgan fingerprint density at radius 2 is 1.83 bits per heavy atom. The number of nitrogens with one attached hydrogen (secondary N) is 2. The molecule has 6 nitrogen and oxygen atoms in total. The number of carboxylic acids is 1. The van der Waals surface area contributed by atoms with Crippen molar-refractivity contribution >= 4 is 29.3 Å². The summed E-state index contributed by atoms with van der Waals surface area (Å²) in [6, 6.07) is 0.912. The number of rotatable bonds is 4. The van der Waals surface area contributed by atoms with Gasteiger partial charge in [0.05, 0.1) is 6.54 Å². The molecule has 126 valence electrons. The highest BCUT2D eigenvalue weighted by molar-refractivity contribution is 6.30. The monoisotopic (exact) mass is 347 g/mol. The van der Waals surface area contributed by atoms with Crippen LogP contribution in [0.2, 0.25) is 5.02 Å². The number of aliphatic carboxylic acids is 1. The molecule has 1 fully saturated rings. The van der Waals surface area contributed by atoms with E-state index in [0.717, 1.165) is 12.1 Å². The first-order valence-electron chi connectivity index (χ1n) is 7.01. The van der Waals surface area contributed by atoms with Crippen molar-refractivity contribution in [2.45, 2.75) is 18.9 Å². The van der Waals surface area contributed by atoms with Gasteiger partial charge in [-0.15, -0.1) is 0 Å². The van der Waals surface area contributed by atoms with E-state index in [9.17, 15) is 18.4 Å². The Balaban J connectivity index is 1.86. The molecule has 23 heavy (non-hydrogen) atoms. The molecule has 0 unspecified atom stereocenters. The standard InChI is InChI=1S/C14H16ClF2N3O3/c15-8-5-10(16)13(11(17)6-8)19-14(23)18-9-1-3-20(4-2-9)7-12(21)22/h5-6,9H,1-4,7H2,(H,21,22)(H2,18,19,23). The van der Waals surface area contributed by atoms with Crippen LogP contribution >= 0.6 is 11.6 Å². The Morgan fingerprint density at radius 1 is 1.26 bits per heavy atom. The van der Waals surface area contributed by atoms with E-state index in [1.54, 1.807) is 4.90 Å². The molecule has 0 aliphatic carbocycles. The first-order chi connectivity index (χ1) is 10.8. The topological polar surface area (TPSA) is 81.7 Å². The number of halogens is 3. The van der Waals surface area contributed by atoms with Gasteiger partial charge in [-0.05, 0) is 25.0 Å². The van der Waals surface area contributed by atoms with Gasteiger partial charge in [-0.2, -0.15) is 0 Å². The van der Waals surface area contributed by atoms with Crippen LogP contribution in [0.5, 0.6) is 0 Å². The molecule has 0 saturated carbocycles. The van der Waals surface area contributed by atoms with E-state index in [4.69, 9.17) is 16.7 Å². The van der Waals surface area contributed by atoms with Gasteiger partial charge in [0.2, 0.25) is 0 Å². The summed E-state index contributed by atoms with van der Waals surface area (Å²) in [4.78, 5) is 24.2. The molecule has 0 bridgehead atoms. The third kappa shape index (κ3) is 5.04. The second-order valence-electron chi connectivity index (χ2n) is 5.29. The van der Waals surface area contributed by atoms with Crippen molar-refractivity contribution in [3.8, 4) is 0 Å². The lowest BCUT2D eigenvalue weighted by Gasteiger charge is -2.31. The van der Waals surface area contributed by atoms with Crippen molar-refractivity contribution in [2.24, 2.45) is 0 Å². The van der Waals surface area contributed by atoms with Gasteiger partial charge in [0.1, 0.15) is 5.69 Å². The van der Waals surface area contributed by atoms with Gasteiger partial charge in [0.25, 0.3) is 0 Å². The molecule has 0 atom stereocenters. The maximum absolute atomic E-state index is 13.6. The zero-order valence-electron chi connectivity index (χ0n) is 12.1. The minimum Gasteiger partial charge on any atom is -0.480 e. The third-order valence-corrected chi connectivity index (χ3v) is 3.75. The Labute approximate surface area is 136 Å². The molecule has 2 rings (SSSR count). The quantitative estimate of drug-likeness (QED) is 0.780. The third-order valence-electron chi connectivity index (χ3n) is 3.53. The van der Waals surface area contributed by atoms with E-state index >= 15 is 0 Å². The fraction of sp³-hybridized carbons (Fsp3) is 0.429. The van der Waals surface area contributed by atoms with E-state index < -0.39 is 29.3 Å². The zero-order chi connectivity index (χ0) is 17.0. The molecule has 1 saturated heterocycles. The molecule has 0 spiro atoms. The van der Waals surface area contributed by atoms with E-state index in [1.807, 2.05) is 0 Å². The van der Waals surface area contributed by atoms with Gasteiger partial charge in [-0.1, -0.05) is 11.6 Å². The summed E-state index contributed by atoms with van der Waals surface area (Å²) in [7, 11) is 0. The van der Waals surface area contributed by atoms with Crippen LogP contribution in [-0.4, -0.2) is 47.7 Å². The van der Waals surface area contributed by atoms with Crippen molar-refractivity contribution < 1.29 is 23.5 Å². The van der Waals surface area contributed by atoms with Crippen LogP contribution in [0.15, 0.2) is 12.1 Å². The minimum absolute atomic E-state index is 0.0416. The molecule has 0 aromatic heterocycles. The average molecular weight is 348 g/mol. The molecule has 2 amide bonds. The Morgan fingerprint density at radius 3 is 2.35 bits per heavy atom. The lowest BCUT2D eigenvalue weighted by Crippen LogP contribution is -2.47. The van der Waals surface area contributed by atoms with Crippen LogP contribution in [0.1, 0.15) is 12.8 Å². The molecule has 1 aromatic rings. The number of carboxylic acid groups (broad SMARTS) is 1. The maximum Gasteiger partial charge on any atom is 0.319 e. The van der Waals surface area contributed by atoms with Crippen molar-refractivity contribution in [3.05, 3.63) is 28.8 Å². The van der Waals surface area contributed by atoms with E-state index in [-0.39, 0.29) is 17.6 Å². The summed E-state index contributed by atoms with van der Waals surface area (Å²) in [5.41, 5.74) is -0.560. The molecule has 1 aliphatic rings. The molecule has 1 heterocycles. The number of urea groups is 1. The Kier molecular flexibility index (Phi) is 5.73. The van der Waals surface area contributed by atoms with Gasteiger partial charge in [0, 0.05) is 24.2 Å². The smallest absolute Gasteiger partial charge is 0.319 e. The van der Waals surface area contributed by atoms with Gasteiger partial charge >= 0.3 is 12.0 Å². The van der Waals surface area contributed by atoms with E-state index in [1.165, 1.54) is 0 Å². The molecule has 3 N–H and O–H groups in total. The molecular formula is C14H16ClF2N3O3. The van der Waals surface area contributed by atoms with Crippen LogP contribution in [0, 0.1) is 11.6 Å². The number of benzene rings is 1. The predicted molar refractivity (Wildman–Crippen MR) is 80.6 cm³/mol. The Hall–Kier alpha value is -1.93. The van der Waals surface area contributed by atoms with Crippen molar-refractivity contribution in [1.82, 2.24) is 10.2 Å². The second-order valence-corrected chi connectivity index (χ2v) is 5.72. The molecule has 0 radical (unpaired) electrons. The number of hydrogen-bond acceptors (Lipinski definition) is 3. The van der Waals surface area contributed by atoms with Crippen molar-refractivity contribution in [3.63, 3.8) is 0 Å². The summed E-state index contributed by atoms with van der Waals surface area (Å²) in [5.74, 6) is -2.81. The highest BCUT2D eigenvalue weighted by Crippen LogP contribution is 2.23. The minimum atomic E-state index is -0.957. The van der Waals surface area contributed by atoms with E-state index in [0.29, 0.717) is 25.9 Å². The number of piperidine rings is 1. The number of amides is 2. The summed E-state index contributed by atoms with van der Waals surface area (Å²) in [6.07, 6.45) is 1.12. The van der Waals surface area contributed by atoms with Crippen LogP contribution in [0.3, 0.4) is 0 Å². The van der Waals surface area contributed by atoms with E-state index in [2.05, 4.69) is 10.6 Å². The van der Waals surface area contributed by atoms with Crippen LogP contribution in [-0.2, 0) is 4.79 Å². The Bertz CT molecular complexity index is 584. The molecule has 1 aliphatic heterocycles. The van der Waals surface area contributed by atoms with Gasteiger partial charge in [0.15, 0.2) is 11.6 Å². The van der Waals surface area contributed by atoms with Crippen LogP contribution in [0.4, 0.5) is 19.3 Å². The highest BCUT2D eigenvalue weighted by Gasteiger charge is 2.22. The lowest BCUT2D eigenvalue weighted by atomic mass is 10.1. The SMILES string of the molecule is O=C(O)CN1CCC(NC(=O)Nc2c(F)cc(Cl)cc2F)CC1. The van der Waals surface area contributed by atoms with Crippen LogP contribution < -0.4 is 10.6 Å². The van der Waals surface area contributed by atoms with Crippen molar-refractivity contribution in [1.29, 1.82) is 0 Å². The molecule has 1 aromatic carbocycles. The predicted octanol–water partition coefficient (Wildman–Crippen LogP) is 2.29. The van der Waals surface area contributed by atoms with Gasteiger partial charge < -0.3 is 15.7 Å². The van der Waals surface area contributed by atoms with Crippen LogP contribution in [0.25, 0.3) is 0 Å². The molecular weight excluding hydrogens is 332 g/mol. The number of anilines is 1. The van der Waals surface area contributed by atoms with Gasteiger partial charge in [-0.25, -0.2) is 13.6 Å². The second kappa shape index (κ2) is 7.56. The first-order valence-corrected chi connectivity index (χ1v) is 7.39. The lowest BCUT2D eigenvalue weighted by molar-refractivity contribution is -0.138.